The topological polar surface area (TPSA) is 85.8 Å². The van der Waals surface area contributed by atoms with Gasteiger partial charge in [-0.3, -0.25) is 9.59 Å². The minimum absolute atomic E-state index is 0.0331. The molecule has 2 aromatic rings. The van der Waals surface area contributed by atoms with Gasteiger partial charge in [0.1, 0.15) is 0 Å². The van der Waals surface area contributed by atoms with Crippen molar-refractivity contribution in [2.75, 3.05) is 19.7 Å². The van der Waals surface area contributed by atoms with Crippen LogP contribution in [0.3, 0.4) is 0 Å². The molecule has 4 rings (SSSR count). The largest absolute Gasteiger partial charge is 0.466 e. The van der Waals surface area contributed by atoms with Gasteiger partial charge < -0.3 is 18.6 Å². The molecule has 26 heavy (non-hydrogen) atoms. The molecule has 0 spiro atoms. The Morgan fingerprint density at radius 3 is 2.92 bits per heavy atom. The van der Waals surface area contributed by atoms with Crippen LogP contribution in [-0.4, -0.2) is 41.6 Å². The quantitative estimate of drug-likeness (QED) is 0.764. The summed E-state index contributed by atoms with van der Waals surface area (Å²) in [5, 5.41) is 4.13. The van der Waals surface area contributed by atoms with E-state index in [1.165, 1.54) is 0 Å². The predicted molar refractivity (Wildman–Crippen MR) is 91.1 cm³/mol. The van der Waals surface area contributed by atoms with Crippen LogP contribution < -0.4 is 0 Å². The molecule has 1 saturated heterocycles. The number of aromatic nitrogens is 1. The Morgan fingerprint density at radius 2 is 2.23 bits per heavy atom. The fraction of sp³-hybridized carbons (Fsp3) is 0.526. The van der Waals surface area contributed by atoms with Crippen LogP contribution in [0.2, 0.25) is 0 Å². The average molecular weight is 358 g/mol. The third-order valence-corrected chi connectivity index (χ3v) is 5.25. The standard InChI is InChI=1S/C19H22N2O5/c1-2-24-17(22)13-5-3-9-21(12-13)18(23)19(7-8-19)16-11-15(26-20-16)14-6-4-10-25-14/h4,6,10-11,13H,2-3,5,7-9,12H2,1H3. The van der Waals surface area contributed by atoms with Gasteiger partial charge in [0.15, 0.2) is 5.76 Å². The maximum absolute atomic E-state index is 13.2. The van der Waals surface area contributed by atoms with E-state index in [0.717, 1.165) is 25.7 Å². The number of carbonyl (C=O) groups excluding carboxylic acids is 2. The highest BCUT2D eigenvalue weighted by Gasteiger charge is 2.56. The molecule has 1 aliphatic carbocycles. The van der Waals surface area contributed by atoms with Crippen LogP contribution in [0.25, 0.3) is 11.5 Å². The van der Waals surface area contributed by atoms with Crippen LogP contribution in [0.15, 0.2) is 33.4 Å². The molecule has 3 heterocycles. The molecule has 0 aromatic carbocycles. The molecule has 2 aromatic heterocycles. The van der Waals surface area contributed by atoms with Gasteiger partial charge in [0.25, 0.3) is 0 Å². The first-order chi connectivity index (χ1) is 12.6. The minimum atomic E-state index is -0.620. The predicted octanol–water partition coefficient (Wildman–Crippen LogP) is 2.77. The number of piperidine rings is 1. The fourth-order valence-electron chi connectivity index (χ4n) is 3.66. The third-order valence-electron chi connectivity index (χ3n) is 5.25. The molecule has 1 saturated carbocycles. The second kappa shape index (κ2) is 6.63. The summed E-state index contributed by atoms with van der Waals surface area (Å²) in [6.07, 6.45) is 4.63. The molecule has 1 unspecified atom stereocenters. The summed E-state index contributed by atoms with van der Waals surface area (Å²) >= 11 is 0. The van der Waals surface area contributed by atoms with Gasteiger partial charge in [-0.2, -0.15) is 0 Å². The van der Waals surface area contributed by atoms with Gasteiger partial charge in [-0.05, 0) is 44.7 Å². The van der Waals surface area contributed by atoms with Crippen LogP contribution in [0, 0.1) is 5.92 Å². The first-order valence-electron chi connectivity index (χ1n) is 9.11. The highest BCUT2D eigenvalue weighted by Crippen LogP contribution is 2.50. The Labute approximate surface area is 151 Å². The normalized spacial score (nSPS) is 21.4. The second-order valence-corrected chi connectivity index (χ2v) is 6.98. The highest BCUT2D eigenvalue weighted by atomic mass is 16.5. The molecule has 0 N–H and O–H groups in total. The monoisotopic (exact) mass is 358 g/mol. The summed E-state index contributed by atoms with van der Waals surface area (Å²) in [4.78, 5) is 27.0. The van der Waals surface area contributed by atoms with E-state index in [1.807, 2.05) is 0 Å². The van der Waals surface area contributed by atoms with Crippen molar-refractivity contribution in [3.8, 4) is 11.5 Å². The molecule has 0 radical (unpaired) electrons. The van der Waals surface area contributed by atoms with Crippen molar-refractivity contribution in [3.05, 3.63) is 30.2 Å². The number of esters is 1. The minimum Gasteiger partial charge on any atom is -0.466 e. The van der Waals surface area contributed by atoms with Gasteiger partial charge in [-0.1, -0.05) is 5.16 Å². The molecule has 0 bridgehead atoms. The summed E-state index contributed by atoms with van der Waals surface area (Å²) < 4.78 is 15.8. The number of ether oxygens (including phenoxy) is 1. The average Bonchev–Trinajstić information content (AvgIpc) is 3.08. The van der Waals surface area contributed by atoms with Crippen molar-refractivity contribution in [3.63, 3.8) is 0 Å². The number of hydrogen-bond donors (Lipinski definition) is 0. The van der Waals surface area contributed by atoms with Gasteiger partial charge in [0.05, 0.1) is 29.9 Å². The van der Waals surface area contributed by atoms with E-state index in [0.29, 0.717) is 36.9 Å². The Bertz CT molecular complexity index is 791. The van der Waals surface area contributed by atoms with E-state index in [1.54, 1.807) is 36.3 Å². The Morgan fingerprint density at radius 1 is 1.38 bits per heavy atom. The van der Waals surface area contributed by atoms with Crippen molar-refractivity contribution in [2.45, 2.75) is 38.0 Å². The van der Waals surface area contributed by atoms with E-state index < -0.39 is 5.41 Å². The number of hydrogen-bond acceptors (Lipinski definition) is 6. The van der Waals surface area contributed by atoms with Gasteiger partial charge in [0, 0.05) is 19.2 Å². The lowest BCUT2D eigenvalue weighted by Crippen LogP contribution is -2.47. The maximum atomic E-state index is 13.2. The second-order valence-electron chi connectivity index (χ2n) is 6.98. The molecule has 1 amide bonds. The lowest BCUT2D eigenvalue weighted by molar-refractivity contribution is -0.151. The zero-order valence-corrected chi connectivity index (χ0v) is 14.8. The first-order valence-corrected chi connectivity index (χ1v) is 9.11. The van der Waals surface area contributed by atoms with E-state index in [9.17, 15) is 9.59 Å². The zero-order valence-electron chi connectivity index (χ0n) is 14.8. The molecule has 2 fully saturated rings. The molecule has 7 nitrogen and oxygen atoms in total. The highest BCUT2D eigenvalue weighted by molar-refractivity contribution is 5.91. The van der Waals surface area contributed by atoms with E-state index in [-0.39, 0.29) is 17.8 Å². The smallest absolute Gasteiger partial charge is 0.310 e. The van der Waals surface area contributed by atoms with Gasteiger partial charge in [0.2, 0.25) is 11.7 Å². The number of carbonyl (C=O) groups is 2. The molecule has 1 aliphatic heterocycles. The summed E-state index contributed by atoms with van der Waals surface area (Å²) in [5.41, 5.74) is 0.0254. The number of nitrogens with zero attached hydrogens (tertiary/aromatic N) is 2. The SMILES string of the molecule is CCOC(=O)C1CCCN(C(=O)C2(c3cc(-c4ccco4)on3)CC2)C1. The molecule has 7 heteroatoms. The lowest BCUT2D eigenvalue weighted by Gasteiger charge is -2.33. The van der Waals surface area contributed by atoms with E-state index >= 15 is 0 Å². The third kappa shape index (κ3) is 2.91. The summed E-state index contributed by atoms with van der Waals surface area (Å²) in [7, 11) is 0. The van der Waals surface area contributed by atoms with Gasteiger partial charge in [-0.25, -0.2) is 0 Å². The zero-order chi connectivity index (χ0) is 18.1. The van der Waals surface area contributed by atoms with Crippen molar-refractivity contribution >= 4 is 11.9 Å². The molecule has 2 aliphatic rings. The number of amides is 1. The molecule has 138 valence electrons. The van der Waals surface area contributed by atoms with Crippen LogP contribution in [-0.2, 0) is 19.7 Å². The Kier molecular flexibility index (Phi) is 4.30. The van der Waals surface area contributed by atoms with Gasteiger partial charge >= 0.3 is 5.97 Å². The van der Waals surface area contributed by atoms with Gasteiger partial charge in [-0.15, -0.1) is 0 Å². The molecular weight excluding hydrogens is 336 g/mol. The summed E-state index contributed by atoms with van der Waals surface area (Å²) in [6.45, 7) is 3.24. The number of furan rings is 1. The van der Waals surface area contributed by atoms with Crippen molar-refractivity contribution < 1.29 is 23.3 Å². The molecular formula is C19H22N2O5. The van der Waals surface area contributed by atoms with Crippen LogP contribution >= 0.6 is 0 Å². The van der Waals surface area contributed by atoms with Crippen molar-refractivity contribution in [1.29, 1.82) is 0 Å². The van der Waals surface area contributed by atoms with Crippen LogP contribution in [0.1, 0.15) is 38.3 Å². The lowest BCUT2D eigenvalue weighted by atomic mass is 9.94. The molecule has 1 atom stereocenters. The Balaban J connectivity index is 1.50. The number of likely N-dealkylation sites (tertiary alicyclic amines) is 1. The van der Waals surface area contributed by atoms with Crippen LogP contribution in [0.5, 0.6) is 0 Å². The summed E-state index contributed by atoms with van der Waals surface area (Å²) in [5.74, 6) is 0.695. The van der Waals surface area contributed by atoms with E-state index in [4.69, 9.17) is 13.7 Å². The Hall–Kier alpha value is -2.57. The van der Waals surface area contributed by atoms with Crippen molar-refractivity contribution in [2.24, 2.45) is 5.92 Å². The fourth-order valence-corrected chi connectivity index (χ4v) is 3.66. The first kappa shape index (κ1) is 16.9. The maximum Gasteiger partial charge on any atom is 0.310 e. The van der Waals surface area contributed by atoms with Crippen LogP contribution in [0.4, 0.5) is 0 Å². The van der Waals surface area contributed by atoms with E-state index in [2.05, 4.69) is 5.16 Å². The van der Waals surface area contributed by atoms with Crippen molar-refractivity contribution in [1.82, 2.24) is 10.1 Å². The summed E-state index contributed by atoms with van der Waals surface area (Å²) in [6, 6.07) is 5.36. The number of rotatable bonds is 5.